The summed E-state index contributed by atoms with van der Waals surface area (Å²) >= 11 is 5.63. The van der Waals surface area contributed by atoms with Gasteiger partial charge < -0.3 is 4.90 Å². The largest absolute Gasteiger partial charge is 0.336 e. The Labute approximate surface area is 108 Å². The zero-order valence-corrected chi connectivity index (χ0v) is 10.7. The number of likely N-dealkylation sites (tertiary alicyclic amines) is 1. The summed E-state index contributed by atoms with van der Waals surface area (Å²) in [6.45, 7) is 0.890. The molecule has 0 radical (unpaired) electrons. The molecule has 2 nitrogen and oxygen atoms in total. The minimum Gasteiger partial charge on any atom is -0.336 e. The molecule has 1 fully saturated rings. The third-order valence-corrected chi connectivity index (χ3v) is 3.55. The highest BCUT2D eigenvalue weighted by atomic mass is 35.5. The maximum atomic E-state index is 12.1. The molecule has 1 saturated heterocycles. The first-order chi connectivity index (χ1) is 8.33. The molecular weight excluding hydrogens is 234 g/mol. The molecule has 1 unspecified atom stereocenters. The van der Waals surface area contributed by atoms with E-state index >= 15 is 0 Å². The average molecular weight is 252 g/mol. The van der Waals surface area contributed by atoms with Crippen molar-refractivity contribution < 1.29 is 4.79 Å². The monoisotopic (exact) mass is 251 g/mol. The lowest BCUT2D eigenvalue weighted by molar-refractivity contribution is -0.132. The van der Waals surface area contributed by atoms with Gasteiger partial charge in [0.05, 0.1) is 6.04 Å². The Balaban J connectivity index is 2.05. The van der Waals surface area contributed by atoms with Crippen molar-refractivity contribution in [2.75, 3.05) is 12.4 Å². The molecule has 0 saturated carbocycles. The van der Waals surface area contributed by atoms with Gasteiger partial charge in [-0.1, -0.05) is 30.3 Å². The van der Waals surface area contributed by atoms with E-state index in [0.29, 0.717) is 12.3 Å². The SMILES string of the molecule is O=C(CCCCl)N1CCCC1c1ccccc1. The first kappa shape index (κ1) is 12.4. The van der Waals surface area contributed by atoms with E-state index in [2.05, 4.69) is 12.1 Å². The molecule has 2 rings (SSSR count). The third-order valence-electron chi connectivity index (χ3n) is 3.28. The Morgan fingerprint density at radius 3 is 2.82 bits per heavy atom. The highest BCUT2D eigenvalue weighted by Gasteiger charge is 2.28. The van der Waals surface area contributed by atoms with Crippen molar-refractivity contribution in [2.24, 2.45) is 0 Å². The molecule has 92 valence electrons. The molecule has 1 aliphatic heterocycles. The fraction of sp³-hybridized carbons (Fsp3) is 0.500. The number of halogens is 1. The normalized spacial score (nSPS) is 19.6. The van der Waals surface area contributed by atoms with Crippen LogP contribution in [-0.4, -0.2) is 23.2 Å². The first-order valence-corrected chi connectivity index (χ1v) is 6.77. The topological polar surface area (TPSA) is 20.3 Å². The van der Waals surface area contributed by atoms with E-state index in [0.717, 1.165) is 25.8 Å². The maximum Gasteiger partial charge on any atom is 0.223 e. The number of rotatable bonds is 4. The number of carbonyl (C=O) groups is 1. The van der Waals surface area contributed by atoms with E-state index in [4.69, 9.17) is 11.6 Å². The molecule has 0 bridgehead atoms. The smallest absolute Gasteiger partial charge is 0.223 e. The molecule has 1 heterocycles. The molecule has 0 aromatic heterocycles. The number of alkyl halides is 1. The summed E-state index contributed by atoms with van der Waals surface area (Å²) in [5.74, 6) is 0.812. The van der Waals surface area contributed by atoms with Gasteiger partial charge in [-0.3, -0.25) is 4.79 Å². The van der Waals surface area contributed by atoms with Crippen LogP contribution in [-0.2, 0) is 4.79 Å². The fourth-order valence-corrected chi connectivity index (χ4v) is 2.58. The van der Waals surface area contributed by atoms with E-state index in [1.54, 1.807) is 0 Å². The van der Waals surface area contributed by atoms with E-state index in [9.17, 15) is 4.79 Å². The van der Waals surface area contributed by atoms with Crippen LogP contribution in [0, 0.1) is 0 Å². The highest BCUT2D eigenvalue weighted by Crippen LogP contribution is 2.32. The van der Waals surface area contributed by atoms with Crippen LogP contribution in [0.3, 0.4) is 0 Å². The van der Waals surface area contributed by atoms with Crippen LogP contribution in [0.25, 0.3) is 0 Å². The molecule has 1 aromatic rings. The van der Waals surface area contributed by atoms with Gasteiger partial charge in [0.2, 0.25) is 5.91 Å². The van der Waals surface area contributed by atoms with Crippen molar-refractivity contribution in [1.29, 1.82) is 0 Å². The minimum absolute atomic E-state index is 0.247. The molecule has 1 aliphatic rings. The number of hydrogen-bond donors (Lipinski definition) is 0. The van der Waals surface area contributed by atoms with E-state index < -0.39 is 0 Å². The van der Waals surface area contributed by atoms with Crippen molar-refractivity contribution in [3.05, 3.63) is 35.9 Å². The lowest BCUT2D eigenvalue weighted by Gasteiger charge is -2.25. The van der Waals surface area contributed by atoms with Gasteiger partial charge in [0.15, 0.2) is 0 Å². The Bertz CT molecular complexity index is 366. The summed E-state index contributed by atoms with van der Waals surface area (Å²) in [6.07, 6.45) is 3.54. The van der Waals surface area contributed by atoms with Crippen molar-refractivity contribution in [2.45, 2.75) is 31.7 Å². The highest BCUT2D eigenvalue weighted by molar-refractivity contribution is 6.17. The zero-order valence-electron chi connectivity index (χ0n) is 9.94. The molecule has 1 aromatic carbocycles. The van der Waals surface area contributed by atoms with E-state index in [1.807, 2.05) is 23.1 Å². The average Bonchev–Trinajstić information content (AvgIpc) is 2.86. The van der Waals surface area contributed by atoms with E-state index in [1.165, 1.54) is 5.56 Å². The lowest BCUT2D eigenvalue weighted by atomic mass is 10.0. The second-order valence-corrected chi connectivity index (χ2v) is 4.83. The van der Waals surface area contributed by atoms with Crippen LogP contribution < -0.4 is 0 Å². The van der Waals surface area contributed by atoms with Crippen molar-refractivity contribution in [3.8, 4) is 0 Å². The quantitative estimate of drug-likeness (QED) is 0.752. The van der Waals surface area contributed by atoms with Crippen LogP contribution in [0.15, 0.2) is 30.3 Å². The van der Waals surface area contributed by atoms with Crippen LogP contribution in [0.5, 0.6) is 0 Å². The second-order valence-electron chi connectivity index (χ2n) is 4.45. The van der Waals surface area contributed by atoms with Crippen molar-refractivity contribution in [3.63, 3.8) is 0 Å². The van der Waals surface area contributed by atoms with E-state index in [-0.39, 0.29) is 11.9 Å². The van der Waals surface area contributed by atoms with Gasteiger partial charge in [0.25, 0.3) is 0 Å². The van der Waals surface area contributed by atoms with Crippen LogP contribution in [0.4, 0.5) is 0 Å². The summed E-state index contributed by atoms with van der Waals surface area (Å²) < 4.78 is 0. The van der Waals surface area contributed by atoms with Gasteiger partial charge in [-0.05, 0) is 24.8 Å². The molecule has 3 heteroatoms. The van der Waals surface area contributed by atoms with Crippen molar-refractivity contribution >= 4 is 17.5 Å². The van der Waals surface area contributed by atoms with Gasteiger partial charge >= 0.3 is 0 Å². The Kier molecular flexibility index (Phi) is 4.43. The predicted octanol–water partition coefficient (Wildman–Crippen LogP) is 3.37. The molecule has 0 aliphatic carbocycles. The van der Waals surface area contributed by atoms with Gasteiger partial charge in [0, 0.05) is 18.8 Å². The van der Waals surface area contributed by atoms with Gasteiger partial charge in [-0.25, -0.2) is 0 Å². The molecule has 1 atom stereocenters. The summed E-state index contributed by atoms with van der Waals surface area (Å²) in [4.78, 5) is 14.1. The Morgan fingerprint density at radius 2 is 2.12 bits per heavy atom. The maximum absolute atomic E-state index is 12.1. The molecule has 17 heavy (non-hydrogen) atoms. The number of amides is 1. The summed E-state index contributed by atoms with van der Waals surface area (Å²) in [6, 6.07) is 10.6. The molecule has 1 amide bonds. The third kappa shape index (κ3) is 3.01. The Hall–Kier alpha value is -1.02. The summed E-state index contributed by atoms with van der Waals surface area (Å²) in [7, 11) is 0. The van der Waals surface area contributed by atoms with Crippen molar-refractivity contribution in [1.82, 2.24) is 4.90 Å². The molecular formula is C14H18ClNO. The van der Waals surface area contributed by atoms with Gasteiger partial charge in [-0.15, -0.1) is 11.6 Å². The number of carbonyl (C=O) groups excluding carboxylic acids is 1. The summed E-state index contributed by atoms with van der Waals surface area (Å²) in [5.41, 5.74) is 1.25. The Morgan fingerprint density at radius 1 is 1.35 bits per heavy atom. The second kappa shape index (κ2) is 6.06. The van der Waals surface area contributed by atoms with Crippen LogP contribution >= 0.6 is 11.6 Å². The van der Waals surface area contributed by atoms with Crippen LogP contribution in [0.2, 0.25) is 0 Å². The standard InChI is InChI=1S/C14H18ClNO/c15-10-4-9-14(17)16-11-5-8-13(16)12-6-2-1-3-7-12/h1-3,6-7,13H,4-5,8-11H2. The number of hydrogen-bond acceptors (Lipinski definition) is 1. The lowest BCUT2D eigenvalue weighted by Crippen LogP contribution is -2.30. The number of nitrogens with zero attached hydrogens (tertiary/aromatic N) is 1. The number of benzene rings is 1. The molecule has 0 spiro atoms. The van der Waals surface area contributed by atoms with Gasteiger partial charge in [-0.2, -0.15) is 0 Å². The fourth-order valence-electron chi connectivity index (χ4n) is 2.45. The summed E-state index contributed by atoms with van der Waals surface area (Å²) in [5, 5.41) is 0. The predicted molar refractivity (Wildman–Crippen MR) is 70.1 cm³/mol. The minimum atomic E-state index is 0.247. The van der Waals surface area contributed by atoms with Gasteiger partial charge in [0.1, 0.15) is 0 Å². The van der Waals surface area contributed by atoms with Crippen LogP contribution in [0.1, 0.15) is 37.3 Å². The molecule has 0 N–H and O–H groups in total. The first-order valence-electron chi connectivity index (χ1n) is 6.23. The zero-order chi connectivity index (χ0) is 12.1.